The van der Waals surface area contributed by atoms with E-state index in [4.69, 9.17) is 14.2 Å². The van der Waals surface area contributed by atoms with Gasteiger partial charge in [0.05, 0.1) is 25.4 Å². The molecule has 2 amide bonds. The van der Waals surface area contributed by atoms with E-state index < -0.39 is 11.8 Å². The molecule has 224 valence electrons. The monoisotopic (exact) mass is 649 g/mol. The summed E-state index contributed by atoms with van der Waals surface area (Å²) in [6, 6.07) is 16.3. The van der Waals surface area contributed by atoms with Gasteiger partial charge in [0.1, 0.15) is 5.75 Å². The molecule has 1 aliphatic rings. The smallest absolute Gasteiger partial charge is 0.339 e. The van der Waals surface area contributed by atoms with Gasteiger partial charge in [0.2, 0.25) is 0 Å². The maximum atomic E-state index is 15.0. The van der Waals surface area contributed by atoms with Gasteiger partial charge in [-0.2, -0.15) is 5.10 Å². The lowest BCUT2D eigenvalue weighted by molar-refractivity contribution is 0.203. The second-order valence-corrected chi connectivity index (χ2v) is 11.0. The number of hydrogen-bond acceptors (Lipinski definition) is 7. The molecule has 0 radical (unpaired) electrons. The van der Waals surface area contributed by atoms with Gasteiger partial charge in [-0.25, -0.2) is 14.6 Å². The van der Waals surface area contributed by atoms with Crippen LogP contribution in [0, 0.1) is 5.82 Å². The number of piperidine rings is 1. The number of nitrogens with zero attached hydrogens (tertiary/aromatic N) is 3. The number of ether oxygens (including phenoxy) is 3. The zero-order chi connectivity index (χ0) is 30.0. The SMILES string of the molecule is COc1cc2c(Oc3ccc(/C=N/NC(=O)Nc4ccc(Br)cc4)cc3F)ccnc2cc1OCCCN1CCCCC1. The Morgan fingerprint density at radius 1 is 1.02 bits per heavy atom. The van der Waals surface area contributed by atoms with Crippen molar-refractivity contribution in [1.29, 1.82) is 0 Å². The summed E-state index contributed by atoms with van der Waals surface area (Å²) >= 11 is 3.34. The van der Waals surface area contributed by atoms with E-state index in [0.717, 1.165) is 30.5 Å². The summed E-state index contributed by atoms with van der Waals surface area (Å²) in [5, 5.41) is 7.20. The molecular weight excluding hydrogens is 617 g/mol. The van der Waals surface area contributed by atoms with Crippen molar-refractivity contribution in [2.75, 3.05) is 38.7 Å². The highest BCUT2D eigenvalue weighted by molar-refractivity contribution is 9.10. The first-order chi connectivity index (χ1) is 21.0. The summed E-state index contributed by atoms with van der Waals surface area (Å²) in [6.45, 7) is 3.90. The van der Waals surface area contributed by atoms with Crippen LogP contribution >= 0.6 is 15.9 Å². The molecule has 0 unspecified atom stereocenters. The number of nitrogens with one attached hydrogen (secondary N) is 2. The van der Waals surface area contributed by atoms with Crippen LogP contribution in [0.5, 0.6) is 23.0 Å². The molecule has 2 N–H and O–H groups in total. The number of hydrazone groups is 1. The van der Waals surface area contributed by atoms with Gasteiger partial charge >= 0.3 is 6.03 Å². The summed E-state index contributed by atoms with van der Waals surface area (Å²) in [4.78, 5) is 19.0. The van der Waals surface area contributed by atoms with E-state index in [-0.39, 0.29) is 5.75 Å². The van der Waals surface area contributed by atoms with E-state index in [1.54, 1.807) is 55.8 Å². The van der Waals surface area contributed by atoms with Gasteiger partial charge in [-0.15, -0.1) is 0 Å². The fraction of sp³-hybridized carbons (Fsp3) is 0.281. The van der Waals surface area contributed by atoms with E-state index in [1.807, 2.05) is 6.07 Å². The predicted octanol–water partition coefficient (Wildman–Crippen LogP) is 7.35. The number of aromatic nitrogens is 1. The first-order valence-electron chi connectivity index (χ1n) is 14.1. The molecule has 0 saturated carbocycles. The Balaban J connectivity index is 1.20. The third-order valence-corrected chi connectivity index (χ3v) is 7.50. The summed E-state index contributed by atoms with van der Waals surface area (Å²) in [7, 11) is 1.58. The van der Waals surface area contributed by atoms with Crippen LogP contribution < -0.4 is 25.0 Å². The molecule has 1 fully saturated rings. The molecule has 1 aliphatic heterocycles. The number of methoxy groups -OCH3 is 1. The molecular formula is C32H33BrFN5O4. The molecule has 0 spiro atoms. The number of rotatable bonds is 11. The Bertz CT molecular complexity index is 1580. The van der Waals surface area contributed by atoms with Gasteiger partial charge in [-0.05, 0) is 92.5 Å². The van der Waals surface area contributed by atoms with Gasteiger partial charge in [0.25, 0.3) is 0 Å². The number of anilines is 1. The zero-order valence-electron chi connectivity index (χ0n) is 23.8. The fourth-order valence-electron chi connectivity index (χ4n) is 4.80. The Kier molecular flexibility index (Phi) is 10.4. The predicted molar refractivity (Wildman–Crippen MR) is 169 cm³/mol. The lowest BCUT2D eigenvalue weighted by Crippen LogP contribution is -2.31. The second kappa shape index (κ2) is 14.8. The van der Waals surface area contributed by atoms with E-state index in [9.17, 15) is 4.79 Å². The van der Waals surface area contributed by atoms with Crippen molar-refractivity contribution in [2.24, 2.45) is 5.10 Å². The quantitative estimate of drug-likeness (QED) is 0.100. The van der Waals surface area contributed by atoms with Crippen LogP contribution in [0.4, 0.5) is 14.9 Å². The molecule has 11 heteroatoms. The summed E-state index contributed by atoms with van der Waals surface area (Å²) in [5.41, 5.74) is 4.05. The minimum atomic E-state index is -0.589. The lowest BCUT2D eigenvalue weighted by Gasteiger charge is -2.26. The molecule has 0 bridgehead atoms. The molecule has 0 aliphatic carbocycles. The van der Waals surface area contributed by atoms with Crippen molar-refractivity contribution < 1.29 is 23.4 Å². The number of amides is 2. The second-order valence-electron chi connectivity index (χ2n) is 10.1. The van der Waals surface area contributed by atoms with Crippen LogP contribution in [0.1, 0.15) is 31.2 Å². The van der Waals surface area contributed by atoms with E-state index in [2.05, 4.69) is 41.7 Å². The standard InChI is InChI=1S/C32H33BrFN5O4/c1-41-30-19-25-27(20-31(30)42-17-5-16-39-14-3-2-4-15-39)35-13-12-28(25)43-29-11-6-22(18-26(29)34)21-36-38-32(40)37-24-9-7-23(33)8-10-24/h6-13,18-21H,2-5,14-17H2,1H3,(H2,37,38,40)/b36-21+. The summed E-state index contributed by atoms with van der Waals surface area (Å²) in [6.07, 6.45) is 7.73. The van der Waals surface area contributed by atoms with Crippen molar-refractivity contribution in [1.82, 2.24) is 15.3 Å². The average Bonchev–Trinajstić information content (AvgIpc) is 3.02. The van der Waals surface area contributed by atoms with Gasteiger partial charge in [-0.3, -0.25) is 4.98 Å². The maximum absolute atomic E-state index is 15.0. The fourth-order valence-corrected chi connectivity index (χ4v) is 5.06. The van der Waals surface area contributed by atoms with Crippen LogP contribution in [0.3, 0.4) is 0 Å². The molecule has 2 heterocycles. The number of pyridine rings is 1. The van der Waals surface area contributed by atoms with Crippen LogP contribution in [-0.4, -0.2) is 55.5 Å². The number of benzene rings is 3. The number of fused-ring (bicyclic) bond motifs is 1. The highest BCUT2D eigenvalue weighted by Gasteiger charge is 2.15. The van der Waals surface area contributed by atoms with Crippen LogP contribution in [-0.2, 0) is 0 Å². The number of halogens is 2. The molecule has 3 aromatic carbocycles. The number of hydrogen-bond donors (Lipinski definition) is 2. The molecule has 9 nitrogen and oxygen atoms in total. The van der Waals surface area contributed by atoms with E-state index >= 15 is 4.39 Å². The van der Waals surface area contributed by atoms with Gasteiger partial charge in [0.15, 0.2) is 23.1 Å². The van der Waals surface area contributed by atoms with Crippen LogP contribution in [0.15, 0.2) is 76.4 Å². The summed E-state index contributed by atoms with van der Waals surface area (Å²) in [5.74, 6) is 1.02. The number of likely N-dealkylation sites (tertiary alicyclic amines) is 1. The highest BCUT2D eigenvalue weighted by Crippen LogP contribution is 2.37. The van der Waals surface area contributed by atoms with Crippen LogP contribution in [0.25, 0.3) is 10.9 Å². The average molecular weight is 651 g/mol. The number of urea groups is 1. The minimum Gasteiger partial charge on any atom is -0.493 e. The van der Waals surface area contributed by atoms with Gasteiger partial charge in [-0.1, -0.05) is 22.4 Å². The molecule has 0 atom stereocenters. The molecule has 5 rings (SSSR count). The first-order valence-corrected chi connectivity index (χ1v) is 14.9. The van der Waals surface area contributed by atoms with Crippen molar-refractivity contribution in [2.45, 2.75) is 25.7 Å². The van der Waals surface area contributed by atoms with Crippen molar-refractivity contribution in [3.05, 3.63) is 82.7 Å². The van der Waals surface area contributed by atoms with Crippen molar-refractivity contribution in [3.63, 3.8) is 0 Å². The zero-order valence-corrected chi connectivity index (χ0v) is 25.4. The summed E-state index contributed by atoms with van der Waals surface area (Å²) < 4.78 is 33.5. The Hall–Kier alpha value is -4.22. The third-order valence-electron chi connectivity index (χ3n) is 6.97. The lowest BCUT2D eigenvalue weighted by atomic mass is 10.1. The Labute approximate surface area is 258 Å². The van der Waals surface area contributed by atoms with Gasteiger partial charge < -0.3 is 24.4 Å². The Morgan fingerprint density at radius 3 is 2.60 bits per heavy atom. The topological polar surface area (TPSA) is 97.3 Å². The highest BCUT2D eigenvalue weighted by atomic mass is 79.9. The number of carbonyl (C=O) groups excluding carboxylic acids is 1. The van der Waals surface area contributed by atoms with E-state index in [0.29, 0.717) is 46.0 Å². The van der Waals surface area contributed by atoms with Crippen LogP contribution in [0.2, 0.25) is 0 Å². The maximum Gasteiger partial charge on any atom is 0.339 e. The Morgan fingerprint density at radius 2 is 1.84 bits per heavy atom. The largest absolute Gasteiger partial charge is 0.493 e. The van der Waals surface area contributed by atoms with Gasteiger partial charge in [0, 0.05) is 34.4 Å². The first kappa shape index (κ1) is 30.2. The number of carbonyl (C=O) groups is 1. The van der Waals surface area contributed by atoms with E-state index in [1.165, 1.54) is 37.6 Å². The normalized spacial score (nSPS) is 13.7. The third kappa shape index (κ3) is 8.42. The molecule has 1 saturated heterocycles. The van der Waals surface area contributed by atoms with Crippen molar-refractivity contribution >= 4 is 44.8 Å². The molecule has 1 aromatic heterocycles. The molecule has 4 aromatic rings. The minimum absolute atomic E-state index is 0.0302. The van der Waals surface area contributed by atoms with Crippen molar-refractivity contribution in [3.8, 4) is 23.0 Å². The molecule has 43 heavy (non-hydrogen) atoms.